The van der Waals surface area contributed by atoms with Gasteiger partial charge < -0.3 is 14.6 Å². The van der Waals surface area contributed by atoms with Crippen LogP contribution in [0.15, 0.2) is 28.5 Å². The fraction of sp³-hybridized carbons (Fsp3) is 0.704. The van der Waals surface area contributed by atoms with Gasteiger partial charge in [-0.1, -0.05) is 51.9 Å². The topological polar surface area (TPSA) is 62.5 Å². The third-order valence-electron chi connectivity index (χ3n) is 9.01. The van der Waals surface area contributed by atoms with E-state index in [0.29, 0.717) is 32.0 Å². The lowest BCUT2D eigenvalue weighted by Gasteiger charge is -2.52. The van der Waals surface area contributed by atoms with E-state index in [4.69, 9.17) is 0 Å². The van der Waals surface area contributed by atoms with E-state index in [-0.39, 0.29) is 22.8 Å². The van der Waals surface area contributed by atoms with Crippen LogP contribution in [-0.4, -0.2) is 39.2 Å². The number of hydrogen-bond donors (Lipinski definition) is 1. The van der Waals surface area contributed by atoms with Gasteiger partial charge in [-0.15, -0.1) is 11.3 Å². The summed E-state index contributed by atoms with van der Waals surface area (Å²) in [5, 5.41) is 14.7. The number of carbonyl (C=O) groups is 1. The van der Waals surface area contributed by atoms with Gasteiger partial charge in [-0.25, -0.2) is 0 Å². The number of likely N-dealkylation sites (tertiary alicyclic amines) is 1. The number of aromatic nitrogens is 1. The summed E-state index contributed by atoms with van der Waals surface area (Å²) in [4.78, 5) is 28.5. The average Bonchev–Trinajstić information content (AvgIpc) is 3.49. The highest BCUT2D eigenvalue weighted by Gasteiger charge is 2.55. The fourth-order valence-electron chi connectivity index (χ4n) is 7.04. The number of fused-ring (bicyclic) bond motifs is 1. The number of rotatable bonds is 5. The Hall–Kier alpha value is -1.66. The third kappa shape index (κ3) is 4.29. The molecule has 3 heterocycles. The molecule has 1 amide bonds. The lowest BCUT2D eigenvalue weighted by molar-refractivity contribution is -0.163. The normalized spacial score (nSPS) is 26.8. The van der Waals surface area contributed by atoms with Gasteiger partial charge in [0.05, 0.1) is 17.5 Å². The first kappa shape index (κ1) is 23.1. The Morgan fingerprint density at radius 1 is 1.15 bits per heavy atom. The molecule has 2 aliphatic carbocycles. The van der Waals surface area contributed by atoms with E-state index in [2.05, 4.69) is 11.8 Å². The van der Waals surface area contributed by atoms with Crippen LogP contribution in [0.25, 0.3) is 10.1 Å². The minimum absolute atomic E-state index is 0.0186. The van der Waals surface area contributed by atoms with Crippen molar-refractivity contribution in [2.45, 2.75) is 89.7 Å². The molecule has 6 heteroatoms. The van der Waals surface area contributed by atoms with Crippen LogP contribution in [0.3, 0.4) is 0 Å². The zero-order chi connectivity index (χ0) is 23.1. The van der Waals surface area contributed by atoms with Crippen LogP contribution >= 0.6 is 11.3 Å². The van der Waals surface area contributed by atoms with Crippen LogP contribution in [0, 0.1) is 17.3 Å². The van der Waals surface area contributed by atoms with Gasteiger partial charge in [-0.2, -0.15) is 0 Å². The van der Waals surface area contributed by atoms with Crippen LogP contribution in [0.4, 0.5) is 0 Å². The van der Waals surface area contributed by atoms with Gasteiger partial charge in [0, 0.05) is 35.3 Å². The Morgan fingerprint density at radius 2 is 1.91 bits per heavy atom. The second-order valence-corrected chi connectivity index (χ2v) is 12.1. The predicted octanol–water partition coefficient (Wildman–Crippen LogP) is 5.19. The number of amides is 1. The molecular weight excluding hydrogens is 432 g/mol. The number of piperidine rings is 1. The van der Waals surface area contributed by atoms with Gasteiger partial charge in [-0.05, 0) is 49.1 Å². The van der Waals surface area contributed by atoms with Crippen molar-refractivity contribution < 1.29 is 9.90 Å². The maximum absolute atomic E-state index is 13.4. The smallest absolute Gasteiger partial charge is 0.259 e. The fourth-order valence-corrected chi connectivity index (χ4v) is 7.81. The van der Waals surface area contributed by atoms with Gasteiger partial charge >= 0.3 is 0 Å². The SMILES string of the molecule is C[C@H](CC1CCCCC1)C(=O)N1CCC(O)(Cn2ccc3sccc3c2=O)C2(CCCC2)C1. The zero-order valence-corrected chi connectivity index (χ0v) is 20.7. The monoisotopic (exact) mass is 470 g/mol. The molecule has 5 nitrogen and oxygen atoms in total. The van der Waals surface area contributed by atoms with Crippen molar-refractivity contribution in [1.29, 1.82) is 0 Å². The van der Waals surface area contributed by atoms with Gasteiger partial charge in [0.2, 0.25) is 5.91 Å². The van der Waals surface area contributed by atoms with Crippen molar-refractivity contribution >= 4 is 27.3 Å². The van der Waals surface area contributed by atoms with Crippen LogP contribution in [0.2, 0.25) is 0 Å². The second-order valence-electron chi connectivity index (χ2n) is 11.1. The van der Waals surface area contributed by atoms with Crippen LogP contribution < -0.4 is 5.56 Å². The summed E-state index contributed by atoms with van der Waals surface area (Å²) in [7, 11) is 0. The molecule has 3 aliphatic rings. The largest absolute Gasteiger partial charge is 0.387 e. The molecule has 0 aromatic carbocycles. The highest BCUT2D eigenvalue weighted by Crippen LogP contribution is 2.52. The highest BCUT2D eigenvalue weighted by molar-refractivity contribution is 7.17. The molecule has 33 heavy (non-hydrogen) atoms. The number of pyridine rings is 1. The number of carbonyl (C=O) groups excluding carboxylic acids is 1. The number of thiophene rings is 1. The Labute approximate surface area is 200 Å². The van der Waals surface area contributed by atoms with Crippen molar-refractivity contribution in [2.24, 2.45) is 17.3 Å². The lowest BCUT2D eigenvalue weighted by Crippen LogP contribution is -2.62. The average molecular weight is 471 g/mol. The number of aliphatic hydroxyl groups is 1. The summed E-state index contributed by atoms with van der Waals surface area (Å²) in [6, 6.07) is 3.86. The number of hydrogen-bond acceptors (Lipinski definition) is 4. The van der Waals surface area contributed by atoms with Crippen molar-refractivity contribution in [3.63, 3.8) is 0 Å². The molecule has 5 rings (SSSR count). The molecule has 0 bridgehead atoms. The van der Waals surface area contributed by atoms with E-state index >= 15 is 0 Å². The van der Waals surface area contributed by atoms with Gasteiger partial charge in [0.15, 0.2) is 0 Å². The summed E-state index contributed by atoms with van der Waals surface area (Å²) in [5.74, 6) is 1.02. The molecule has 1 spiro atoms. The molecule has 2 aromatic heterocycles. The minimum Gasteiger partial charge on any atom is -0.387 e. The van der Waals surface area contributed by atoms with Gasteiger partial charge in [0.25, 0.3) is 5.56 Å². The summed E-state index contributed by atoms with van der Waals surface area (Å²) in [6.07, 6.45) is 13.9. The molecule has 1 unspecified atom stereocenters. The molecule has 1 N–H and O–H groups in total. The van der Waals surface area contributed by atoms with Crippen LogP contribution in [0.5, 0.6) is 0 Å². The first-order chi connectivity index (χ1) is 15.9. The molecule has 1 saturated heterocycles. The second kappa shape index (κ2) is 9.18. The predicted molar refractivity (Wildman–Crippen MR) is 133 cm³/mol. The lowest BCUT2D eigenvalue weighted by atomic mass is 9.65. The first-order valence-electron chi connectivity index (χ1n) is 13.0. The van der Waals surface area contributed by atoms with Crippen LogP contribution in [0.1, 0.15) is 77.6 Å². The standard InChI is InChI=1S/C27H38N2O3S/c1-20(17-21-7-3-2-4-8-21)24(30)29-15-13-27(32,26(18-29)11-5-6-12-26)19-28-14-9-23-22(25(28)31)10-16-33-23/h9-10,14,16,20-21,32H,2-8,11-13,15,17-19H2,1H3/t20-,27?/m1/s1. The van der Waals surface area contributed by atoms with Gasteiger partial charge in [0.1, 0.15) is 0 Å². The van der Waals surface area contributed by atoms with E-state index in [1.807, 2.05) is 23.7 Å². The Kier molecular flexibility index (Phi) is 6.43. The Morgan fingerprint density at radius 3 is 2.67 bits per heavy atom. The summed E-state index contributed by atoms with van der Waals surface area (Å²) in [5.41, 5.74) is -1.29. The highest BCUT2D eigenvalue weighted by atomic mass is 32.1. The quantitative estimate of drug-likeness (QED) is 0.654. The summed E-state index contributed by atoms with van der Waals surface area (Å²) >= 11 is 1.57. The summed E-state index contributed by atoms with van der Waals surface area (Å²) in [6.45, 7) is 3.64. The van der Waals surface area contributed by atoms with E-state index in [1.54, 1.807) is 15.9 Å². The van der Waals surface area contributed by atoms with E-state index in [0.717, 1.165) is 42.2 Å². The molecular formula is C27H38N2O3S. The minimum atomic E-state index is -0.958. The maximum Gasteiger partial charge on any atom is 0.259 e. The molecule has 2 saturated carbocycles. The van der Waals surface area contributed by atoms with Crippen molar-refractivity contribution in [1.82, 2.24) is 9.47 Å². The van der Waals surface area contributed by atoms with Crippen molar-refractivity contribution in [3.8, 4) is 0 Å². The van der Waals surface area contributed by atoms with Crippen molar-refractivity contribution in [3.05, 3.63) is 34.1 Å². The third-order valence-corrected chi connectivity index (χ3v) is 9.89. The molecule has 180 valence electrons. The maximum atomic E-state index is 13.4. The number of nitrogens with zero attached hydrogens (tertiary/aromatic N) is 2. The van der Waals surface area contributed by atoms with Gasteiger partial charge in [-0.3, -0.25) is 9.59 Å². The molecule has 2 atom stereocenters. The van der Waals surface area contributed by atoms with E-state index in [1.165, 1.54) is 32.1 Å². The van der Waals surface area contributed by atoms with Crippen molar-refractivity contribution in [2.75, 3.05) is 13.1 Å². The zero-order valence-electron chi connectivity index (χ0n) is 19.9. The Bertz CT molecular complexity index is 1050. The molecule has 1 aliphatic heterocycles. The summed E-state index contributed by atoms with van der Waals surface area (Å²) < 4.78 is 2.70. The van der Waals surface area contributed by atoms with E-state index in [9.17, 15) is 14.7 Å². The molecule has 0 radical (unpaired) electrons. The Balaban J connectivity index is 1.33. The first-order valence-corrected chi connectivity index (χ1v) is 13.9. The van der Waals surface area contributed by atoms with E-state index < -0.39 is 5.60 Å². The van der Waals surface area contributed by atoms with Crippen LogP contribution in [-0.2, 0) is 11.3 Å². The molecule has 2 aromatic rings. The molecule has 3 fully saturated rings.